The normalized spacial score (nSPS) is 11.1. The SMILES string of the molecule is O=C(O)C=Cc1ccc2scnc2c1. The lowest BCUT2D eigenvalue weighted by Crippen LogP contribution is -1.85. The van der Waals surface area contributed by atoms with Crippen LogP contribution in [0, 0.1) is 0 Å². The monoisotopic (exact) mass is 205 g/mol. The number of carboxylic acids is 1. The van der Waals surface area contributed by atoms with E-state index in [2.05, 4.69) is 4.98 Å². The van der Waals surface area contributed by atoms with Crippen molar-refractivity contribution in [3.63, 3.8) is 0 Å². The van der Waals surface area contributed by atoms with Gasteiger partial charge >= 0.3 is 5.97 Å². The van der Waals surface area contributed by atoms with E-state index in [9.17, 15) is 4.79 Å². The minimum absolute atomic E-state index is 0.853. The predicted octanol–water partition coefficient (Wildman–Crippen LogP) is 2.39. The fourth-order valence-corrected chi connectivity index (χ4v) is 1.80. The van der Waals surface area contributed by atoms with Gasteiger partial charge in [0.25, 0.3) is 0 Å². The van der Waals surface area contributed by atoms with Crippen molar-refractivity contribution in [1.82, 2.24) is 4.98 Å². The molecular formula is C10H7NO2S. The Morgan fingerprint density at radius 2 is 2.36 bits per heavy atom. The van der Waals surface area contributed by atoms with Gasteiger partial charge in [0.2, 0.25) is 0 Å². The van der Waals surface area contributed by atoms with Crippen molar-refractivity contribution in [2.45, 2.75) is 0 Å². The summed E-state index contributed by atoms with van der Waals surface area (Å²) >= 11 is 1.57. The van der Waals surface area contributed by atoms with Crippen molar-refractivity contribution in [3.8, 4) is 0 Å². The topological polar surface area (TPSA) is 50.2 Å². The zero-order valence-electron chi connectivity index (χ0n) is 7.18. The van der Waals surface area contributed by atoms with E-state index in [0.717, 1.165) is 21.9 Å². The Kier molecular flexibility index (Phi) is 2.28. The molecule has 0 radical (unpaired) electrons. The molecule has 0 fully saturated rings. The molecule has 2 aromatic rings. The van der Waals surface area contributed by atoms with Gasteiger partial charge in [-0.25, -0.2) is 9.78 Å². The molecule has 2 rings (SSSR count). The van der Waals surface area contributed by atoms with Crippen molar-refractivity contribution in [2.24, 2.45) is 0 Å². The number of aliphatic carboxylic acids is 1. The zero-order valence-corrected chi connectivity index (χ0v) is 7.99. The Labute approximate surface area is 84.3 Å². The van der Waals surface area contributed by atoms with Crippen molar-refractivity contribution < 1.29 is 9.90 Å². The van der Waals surface area contributed by atoms with Crippen LogP contribution >= 0.6 is 11.3 Å². The number of nitrogens with zero attached hydrogens (tertiary/aromatic N) is 1. The molecular weight excluding hydrogens is 198 g/mol. The lowest BCUT2D eigenvalue weighted by Gasteiger charge is -1.91. The predicted molar refractivity (Wildman–Crippen MR) is 56.3 cm³/mol. The first kappa shape index (κ1) is 8.90. The summed E-state index contributed by atoms with van der Waals surface area (Å²) in [5, 5.41) is 8.45. The van der Waals surface area contributed by atoms with Gasteiger partial charge in [0.15, 0.2) is 0 Å². The maximum Gasteiger partial charge on any atom is 0.328 e. The molecule has 1 N–H and O–H groups in total. The molecule has 0 aliphatic rings. The number of thiazole rings is 1. The van der Waals surface area contributed by atoms with Crippen LogP contribution in [0.4, 0.5) is 0 Å². The van der Waals surface area contributed by atoms with E-state index in [1.807, 2.05) is 18.2 Å². The molecule has 0 saturated carbocycles. The average molecular weight is 205 g/mol. The highest BCUT2D eigenvalue weighted by molar-refractivity contribution is 7.16. The second kappa shape index (κ2) is 3.59. The number of aromatic nitrogens is 1. The van der Waals surface area contributed by atoms with Gasteiger partial charge in [-0.3, -0.25) is 0 Å². The second-order valence-corrected chi connectivity index (χ2v) is 3.64. The number of hydrogen-bond donors (Lipinski definition) is 1. The van der Waals surface area contributed by atoms with Crippen LogP contribution in [0.5, 0.6) is 0 Å². The first-order chi connectivity index (χ1) is 6.75. The average Bonchev–Trinajstić information content (AvgIpc) is 2.61. The van der Waals surface area contributed by atoms with Crippen LogP contribution in [0.3, 0.4) is 0 Å². The Balaban J connectivity index is 2.39. The van der Waals surface area contributed by atoms with Crippen LogP contribution in [0.25, 0.3) is 16.3 Å². The summed E-state index contributed by atoms with van der Waals surface area (Å²) in [7, 11) is 0. The number of benzene rings is 1. The molecule has 14 heavy (non-hydrogen) atoms. The van der Waals surface area contributed by atoms with Gasteiger partial charge in [-0.05, 0) is 23.8 Å². The third-order valence-electron chi connectivity index (χ3n) is 1.77. The Morgan fingerprint density at radius 1 is 1.50 bits per heavy atom. The molecule has 70 valence electrons. The Hall–Kier alpha value is -1.68. The quantitative estimate of drug-likeness (QED) is 0.766. The summed E-state index contributed by atoms with van der Waals surface area (Å²) in [4.78, 5) is 14.4. The molecule has 4 heteroatoms. The lowest BCUT2D eigenvalue weighted by atomic mass is 10.2. The van der Waals surface area contributed by atoms with Gasteiger partial charge in [0.1, 0.15) is 0 Å². The fraction of sp³-hybridized carbons (Fsp3) is 0. The minimum Gasteiger partial charge on any atom is -0.478 e. The van der Waals surface area contributed by atoms with Crippen LogP contribution in [0.1, 0.15) is 5.56 Å². The van der Waals surface area contributed by atoms with Crippen molar-refractivity contribution in [3.05, 3.63) is 35.3 Å². The summed E-state index contributed by atoms with van der Waals surface area (Å²) in [6, 6.07) is 5.68. The van der Waals surface area contributed by atoms with Crippen molar-refractivity contribution >= 4 is 33.6 Å². The molecule has 0 aliphatic heterocycles. The van der Waals surface area contributed by atoms with Crippen molar-refractivity contribution in [2.75, 3.05) is 0 Å². The molecule has 1 aromatic carbocycles. The van der Waals surface area contributed by atoms with Crippen LogP contribution in [-0.4, -0.2) is 16.1 Å². The first-order valence-corrected chi connectivity index (χ1v) is 4.88. The smallest absolute Gasteiger partial charge is 0.328 e. The molecule has 0 amide bonds. The largest absolute Gasteiger partial charge is 0.478 e. The molecule has 3 nitrogen and oxygen atoms in total. The van der Waals surface area contributed by atoms with Gasteiger partial charge in [-0.1, -0.05) is 6.07 Å². The third kappa shape index (κ3) is 1.80. The summed E-state index contributed by atoms with van der Waals surface area (Å²) in [5.41, 5.74) is 3.53. The maximum absolute atomic E-state index is 10.3. The van der Waals surface area contributed by atoms with Crippen molar-refractivity contribution in [1.29, 1.82) is 0 Å². The minimum atomic E-state index is -0.941. The summed E-state index contributed by atoms with van der Waals surface area (Å²) in [5.74, 6) is -0.941. The summed E-state index contributed by atoms with van der Waals surface area (Å²) < 4.78 is 1.11. The highest BCUT2D eigenvalue weighted by Crippen LogP contribution is 2.19. The van der Waals surface area contributed by atoms with E-state index in [-0.39, 0.29) is 0 Å². The summed E-state index contributed by atoms with van der Waals surface area (Å²) in [6.07, 6.45) is 2.68. The van der Waals surface area contributed by atoms with Gasteiger partial charge < -0.3 is 5.11 Å². The van der Waals surface area contributed by atoms with Crippen LogP contribution in [0.15, 0.2) is 29.8 Å². The maximum atomic E-state index is 10.3. The highest BCUT2D eigenvalue weighted by atomic mass is 32.1. The zero-order chi connectivity index (χ0) is 9.97. The summed E-state index contributed by atoms with van der Waals surface area (Å²) in [6.45, 7) is 0. The van der Waals surface area contributed by atoms with Gasteiger partial charge in [0.05, 0.1) is 15.7 Å². The van der Waals surface area contributed by atoms with Crippen LogP contribution in [0.2, 0.25) is 0 Å². The van der Waals surface area contributed by atoms with Gasteiger partial charge in [0, 0.05) is 6.08 Å². The Bertz CT molecular complexity index is 502. The molecule has 0 spiro atoms. The van der Waals surface area contributed by atoms with Crippen LogP contribution < -0.4 is 0 Å². The Morgan fingerprint density at radius 3 is 3.14 bits per heavy atom. The number of fused-ring (bicyclic) bond motifs is 1. The van der Waals surface area contributed by atoms with E-state index in [1.54, 1.807) is 22.9 Å². The third-order valence-corrected chi connectivity index (χ3v) is 2.58. The molecule has 0 aliphatic carbocycles. The second-order valence-electron chi connectivity index (χ2n) is 2.75. The number of carboxylic acid groups (broad SMARTS) is 1. The standard InChI is InChI=1S/C10H7NO2S/c12-10(13)4-2-7-1-3-9-8(5-7)11-6-14-9/h1-6H,(H,12,13). The molecule has 1 heterocycles. The molecule has 0 atom stereocenters. The van der Waals surface area contributed by atoms with E-state index in [0.29, 0.717) is 0 Å². The lowest BCUT2D eigenvalue weighted by molar-refractivity contribution is -0.131. The molecule has 0 unspecified atom stereocenters. The number of hydrogen-bond acceptors (Lipinski definition) is 3. The molecule has 0 saturated heterocycles. The van der Waals surface area contributed by atoms with Crippen LogP contribution in [-0.2, 0) is 4.79 Å². The van der Waals surface area contributed by atoms with E-state index in [4.69, 9.17) is 5.11 Å². The van der Waals surface area contributed by atoms with E-state index in [1.165, 1.54) is 0 Å². The number of carbonyl (C=O) groups is 1. The first-order valence-electron chi connectivity index (χ1n) is 4.00. The number of rotatable bonds is 2. The van der Waals surface area contributed by atoms with E-state index >= 15 is 0 Å². The molecule has 0 bridgehead atoms. The fourth-order valence-electron chi connectivity index (χ4n) is 1.15. The van der Waals surface area contributed by atoms with Gasteiger partial charge in [-0.15, -0.1) is 11.3 Å². The highest BCUT2D eigenvalue weighted by Gasteiger charge is 1.96. The molecule has 1 aromatic heterocycles. The van der Waals surface area contributed by atoms with E-state index < -0.39 is 5.97 Å². The van der Waals surface area contributed by atoms with Gasteiger partial charge in [-0.2, -0.15) is 0 Å².